The third-order valence-corrected chi connectivity index (χ3v) is 3.85. The summed E-state index contributed by atoms with van der Waals surface area (Å²) >= 11 is 0. The highest BCUT2D eigenvalue weighted by molar-refractivity contribution is 5.83. The SMILES string of the molecule is NC(=O)CC[C@H](NC(=O)NCCC1CCCCC1)C(=O)O. The molecule has 0 aromatic rings. The van der Waals surface area contributed by atoms with Crippen LogP contribution < -0.4 is 16.4 Å². The van der Waals surface area contributed by atoms with Crippen molar-refractivity contribution in [2.75, 3.05) is 6.54 Å². The minimum absolute atomic E-state index is 0.000706. The molecule has 1 aliphatic carbocycles. The first-order valence-corrected chi connectivity index (χ1v) is 7.54. The lowest BCUT2D eigenvalue weighted by Gasteiger charge is -2.21. The molecule has 7 nitrogen and oxygen atoms in total. The van der Waals surface area contributed by atoms with Gasteiger partial charge < -0.3 is 21.5 Å². The number of nitrogens with one attached hydrogen (secondary N) is 2. The minimum atomic E-state index is -1.17. The average molecular weight is 299 g/mol. The van der Waals surface area contributed by atoms with Gasteiger partial charge in [-0.2, -0.15) is 0 Å². The van der Waals surface area contributed by atoms with Gasteiger partial charge in [-0.3, -0.25) is 4.79 Å². The van der Waals surface area contributed by atoms with Crippen LogP contribution in [0.2, 0.25) is 0 Å². The van der Waals surface area contributed by atoms with Gasteiger partial charge in [-0.15, -0.1) is 0 Å². The number of amides is 3. The van der Waals surface area contributed by atoms with Crippen molar-refractivity contribution in [2.24, 2.45) is 11.7 Å². The summed E-state index contributed by atoms with van der Waals surface area (Å²) in [7, 11) is 0. The monoisotopic (exact) mass is 299 g/mol. The van der Waals surface area contributed by atoms with Crippen LogP contribution in [0.25, 0.3) is 0 Å². The molecule has 0 spiro atoms. The smallest absolute Gasteiger partial charge is 0.326 e. The average Bonchev–Trinajstić information content (AvgIpc) is 2.44. The van der Waals surface area contributed by atoms with Crippen molar-refractivity contribution in [1.82, 2.24) is 10.6 Å². The van der Waals surface area contributed by atoms with Gasteiger partial charge in [-0.1, -0.05) is 32.1 Å². The van der Waals surface area contributed by atoms with Crippen LogP contribution in [0.15, 0.2) is 0 Å². The zero-order valence-electron chi connectivity index (χ0n) is 12.3. The molecule has 0 unspecified atom stereocenters. The first-order valence-electron chi connectivity index (χ1n) is 7.54. The van der Waals surface area contributed by atoms with Gasteiger partial charge in [0.25, 0.3) is 0 Å². The molecule has 21 heavy (non-hydrogen) atoms. The highest BCUT2D eigenvalue weighted by atomic mass is 16.4. The van der Waals surface area contributed by atoms with Crippen LogP contribution in [0, 0.1) is 5.92 Å². The molecule has 0 aliphatic heterocycles. The van der Waals surface area contributed by atoms with Crippen LogP contribution >= 0.6 is 0 Å². The second-order valence-corrected chi connectivity index (χ2v) is 5.59. The van der Waals surface area contributed by atoms with E-state index in [1.54, 1.807) is 0 Å². The number of carbonyl (C=O) groups excluding carboxylic acids is 2. The molecule has 1 aliphatic rings. The van der Waals surface area contributed by atoms with E-state index in [1.165, 1.54) is 32.1 Å². The van der Waals surface area contributed by atoms with Gasteiger partial charge in [0.15, 0.2) is 0 Å². The van der Waals surface area contributed by atoms with E-state index < -0.39 is 23.9 Å². The van der Waals surface area contributed by atoms with Crippen molar-refractivity contribution in [3.63, 3.8) is 0 Å². The summed E-state index contributed by atoms with van der Waals surface area (Å²) in [6.07, 6.45) is 7.08. The number of hydrogen-bond acceptors (Lipinski definition) is 3. The highest BCUT2D eigenvalue weighted by Gasteiger charge is 2.20. The van der Waals surface area contributed by atoms with Crippen LogP contribution in [0.4, 0.5) is 4.79 Å². The molecule has 0 heterocycles. The first kappa shape index (κ1) is 17.3. The van der Waals surface area contributed by atoms with Gasteiger partial charge in [-0.05, 0) is 18.8 Å². The Morgan fingerprint density at radius 3 is 2.43 bits per heavy atom. The van der Waals surface area contributed by atoms with Gasteiger partial charge in [0.1, 0.15) is 6.04 Å². The number of urea groups is 1. The number of carboxylic acid groups (broad SMARTS) is 1. The number of hydrogen-bond donors (Lipinski definition) is 4. The second kappa shape index (κ2) is 9.20. The van der Waals surface area contributed by atoms with Gasteiger partial charge in [0.2, 0.25) is 5.91 Å². The van der Waals surface area contributed by atoms with E-state index in [1.807, 2.05) is 0 Å². The van der Waals surface area contributed by atoms with Crippen molar-refractivity contribution in [3.05, 3.63) is 0 Å². The molecule has 0 aromatic heterocycles. The molecule has 0 saturated heterocycles. The van der Waals surface area contributed by atoms with Crippen molar-refractivity contribution in [1.29, 1.82) is 0 Å². The van der Waals surface area contributed by atoms with Crippen LogP contribution in [0.3, 0.4) is 0 Å². The Balaban J connectivity index is 2.22. The van der Waals surface area contributed by atoms with Crippen molar-refractivity contribution >= 4 is 17.9 Å². The molecule has 120 valence electrons. The molecule has 0 radical (unpaired) electrons. The fraction of sp³-hybridized carbons (Fsp3) is 0.786. The third kappa shape index (κ3) is 7.53. The maximum Gasteiger partial charge on any atom is 0.326 e. The predicted molar refractivity (Wildman–Crippen MR) is 77.6 cm³/mol. The van der Waals surface area contributed by atoms with Gasteiger partial charge >= 0.3 is 12.0 Å². The van der Waals surface area contributed by atoms with E-state index in [9.17, 15) is 14.4 Å². The molecule has 7 heteroatoms. The molecule has 1 fully saturated rings. The molecule has 0 bridgehead atoms. The molecular weight excluding hydrogens is 274 g/mol. The lowest BCUT2D eigenvalue weighted by molar-refractivity contribution is -0.139. The topological polar surface area (TPSA) is 122 Å². The summed E-state index contributed by atoms with van der Waals surface area (Å²) < 4.78 is 0. The van der Waals surface area contributed by atoms with Crippen LogP contribution in [-0.2, 0) is 9.59 Å². The Bertz CT molecular complexity index is 367. The normalized spacial score (nSPS) is 17.0. The van der Waals surface area contributed by atoms with Gasteiger partial charge in [0, 0.05) is 13.0 Å². The lowest BCUT2D eigenvalue weighted by Crippen LogP contribution is -2.46. The summed E-state index contributed by atoms with van der Waals surface area (Å²) in [6, 6.07) is -1.60. The maximum absolute atomic E-state index is 11.6. The molecule has 1 atom stereocenters. The number of primary amides is 1. The van der Waals surface area contributed by atoms with E-state index in [4.69, 9.17) is 10.8 Å². The van der Waals surface area contributed by atoms with Crippen LogP contribution in [-0.4, -0.2) is 35.6 Å². The predicted octanol–water partition coefficient (Wildman–Crippen LogP) is 0.975. The van der Waals surface area contributed by atoms with Gasteiger partial charge in [0.05, 0.1) is 0 Å². The molecular formula is C14H25N3O4. The van der Waals surface area contributed by atoms with E-state index in [0.717, 1.165) is 6.42 Å². The van der Waals surface area contributed by atoms with E-state index >= 15 is 0 Å². The summed E-state index contributed by atoms with van der Waals surface area (Å²) in [6.45, 7) is 0.540. The van der Waals surface area contributed by atoms with E-state index in [2.05, 4.69) is 10.6 Å². The number of nitrogens with two attached hydrogens (primary N) is 1. The van der Waals surface area contributed by atoms with Crippen LogP contribution in [0.5, 0.6) is 0 Å². The van der Waals surface area contributed by atoms with E-state index in [-0.39, 0.29) is 12.8 Å². The summed E-state index contributed by atoms with van der Waals surface area (Å²) in [5.41, 5.74) is 4.97. The number of aliphatic carboxylic acids is 1. The largest absolute Gasteiger partial charge is 0.480 e. The first-order chi connectivity index (χ1) is 9.99. The Morgan fingerprint density at radius 2 is 1.86 bits per heavy atom. The zero-order valence-corrected chi connectivity index (χ0v) is 12.3. The third-order valence-electron chi connectivity index (χ3n) is 3.85. The van der Waals surface area contributed by atoms with Gasteiger partial charge in [-0.25, -0.2) is 9.59 Å². The molecule has 0 aromatic carbocycles. The minimum Gasteiger partial charge on any atom is -0.480 e. The molecule has 1 rings (SSSR count). The molecule has 5 N–H and O–H groups in total. The van der Waals surface area contributed by atoms with Crippen LogP contribution in [0.1, 0.15) is 51.4 Å². The maximum atomic E-state index is 11.6. The van der Waals surface area contributed by atoms with Crippen molar-refractivity contribution in [2.45, 2.75) is 57.4 Å². The molecule has 3 amide bonds. The van der Waals surface area contributed by atoms with Crippen molar-refractivity contribution in [3.8, 4) is 0 Å². The Kier molecular flexibility index (Phi) is 7.56. The fourth-order valence-corrected chi connectivity index (χ4v) is 2.62. The summed E-state index contributed by atoms with van der Waals surface area (Å²) in [5, 5.41) is 14.0. The van der Waals surface area contributed by atoms with E-state index in [0.29, 0.717) is 12.5 Å². The second-order valence-electron chi connectivity index (χ2n) is 5.59. The number of carboxylic acids is 1. The highest BCUT2D eigenvalue weighted by Crippen LogP contribution is 2.25. The van der Waals surface area contributed by atoms with Crippen molar-refractivity contribution < 1.29 is 19.5 Å². The number of carbonyl (C=O) groups is 3. The molecule has 1 saturated carbocycles. The fourth-order valence-electron chi connectivity index (χ4n) is 2.62. The lowest BCUT2D eigenvalue weighted by atomic mass is 9.87. The zero-order chi connectivity index (χ0) is 15.7. The quantitative estimate of drug-likeness (QED) is 0.533. The number of rotatable bonds is 8. The summed E-state index contributed by atoms with van der Waals surface area (Å²) in [4.78, 5) is 33.3. The Hall–Kier alpha value is -1.79. The Labute approximate surface area is 124 Å². The summed E-state index contributed by atoms with van der Waals surface area (Å²) in [5.74, 6) is -1.09. The standard InChI is InChI=1S/C14H25N3O4/c15-12(18)7-6-11(13(19)20)17-14(21)16-9-8-10-4-2-1-3-5-10/h10-11H,1-9H2,(H2,15,18)(H,19,20)(H2,16,17,21)/t11-/m0/s1. The Morgan fingerprint density at radius 1 is 1.19 bits per heavy atom.